The van der Waals surface area contributed by atoms with Gasteiger partial charge in [-0.05, 0) is 37.4 Å². The highest BCUT2D eigenvalue weighted by Gasteiger charge is 2.30. The summed E-state index contributed by atoms with van der Waals surface area (Å²) in [5.74, 6) is -0.167. The van der Waals surface area contributed by atoms with Crippen LogP contribution in [0.4, 0.5) is 0 Å². The lowest BCUT2D eigenvalue weighted by Crippen LogP contribution is -2.42. The van der Waals surface area contributed by atoms with Crippen LogP contribution >= 0.6 is 0 Å². The lowest BCUT2D eigenvalue weighted by molar-refractivity contribution is 0.0735. The first kappa shape index (κ1) is 13.8. The van der Waals surface area contributed by atoms with Gasteiger partial charge in [-0.15, -0.1) is 0 Å². The number of pyridine rings is 1. The number of hydrogen-bond donors (Lipinski definition) is 2. The SMILES string of the molecule is CNCC1CCCN1C(=O)c1cc2ccccc2[nH]c1=O. The van der Waals surface area contributed by atoms with Crippen LogP contribution in [0.5, 0.6) is 0 Å². The van der Waals surface area contributed by atoms with Crippen molar-refractivity contribution in [2.24, 2.45) is 0 Å². The molecular formula is C16H19N3O2. The van der Waals surface area contributed by atoms with Gasteiger partial charge in [-0.25, -0.2) is 0 Å². The van der Waals surface area contributed by atoms with Crippen molar-refractivity contribution < 1.29 is 4.79 Å². The van der Waals surface area contributed by atoms with Crippen LogP contribution < -0.4 is 10.9 Å². The van der Waals surface area contributed by atoms with E-state index in [1.54, 1.807) is 6.07 Å². The Morgan fingerprint density at radius 1 is 1.43 bits per heavy atom. The van der Waals surface area contributed by atoms with E-state index < -0.39 is 0 Å². The van der Waals surface area contributed by atoms with E-state index >= 15 is 0 Å². The number of nitrogens with one attached hydrogen (secondary N) is 2. The van der Waals surface area contributed by atoms with Crippen LogP contribution in [-0.2, 0) is 0 Å². The average Bonchev–Trinajstić information content (AvgIpc) is 2.94. The number of benzene rings is 1. The number of aromatic nitrogens is 1. The Balaban J connectivity index is 1.97. The molecule has 1 fully saturated rings. The monoisotopic (exact) mass is 285 g/mol. The molecule has 1 amide bonds. The van der Waals surface area contributed by atoms with Gasteiger partial charge in [-0.3, -0.25) is 9.59 Å². The zero-order chi connectivity index (χ0) is 14.8. The van der Waals surface area contributed by atoms with E-state index in [2.05, 4.69) is 10.3 Å². The third kappa shape index (κ3) is 2.56. The number of hydrogen-bond acceptors (Lipinski definition) is 3. The zero-order valence-corrected chi connectivity index (χ0v) is 12.1. The molecule has 1 aliphatic rings. The average molecular weight is 285 g/mol. The molecule has 1 aromatic carbocycles. The number of para-hydroxylation sites is 1. The molecule has 0 radical (unpaired) electrons. The van der Waals surface area contributed by atoms with Crippen molar-refractivity contribution in [2.45, 2.75) is 18.9 Å². The Bertz CT molecular complexity index is 723. The Hall–Kier alpha value is -2.14. The lowest BCUT2D eigenvalue weighted by Gasteiger charge is -2.24. The molecule has 1 aliphatic heterocycles. The van der Waals surface area contributed by atoms with E-state index in [0.29, 0.717) is 0 Å². The molecule has 3 rings (SSSR count). The van der Waals surface area contributed by atoms with E-state index in [1.165, 1.54) is 0 Å². The van der Waals surface area contributed by atoms with Crippen LogP contribution in [0, 0.1) is 0 Å². The number of fused-ring (bicyclic) bond motifs is 1. The van der Waals surface area contributed by atoms with Crippen LogP contribution in [0.15, 0.2) is 35.1 Å². The molecular weight excluding hydrogens is 266 g/mol. The minimum atomic E-state index is -0.311. The maximum Gasteiger partial charge on any atom is 0.261 e. The van der Waals surface area contributed by atoms with Gasteiger partial charge < -0.3 is 15.2 Å². The van der Waals surface area contributed by atoms with Gasteiger partial charge in [0, 0.05) is 24.6 Å². The van der Waals surface area contributed by atoms with Crippen LogP contribution in [-0.4, -0.2) is 42.0 Å². The third-order valence-corrected chi connectivity index (χ3v) is 4.06. The molecule has 0 saturated carbocycles. The Morgan fingerprint density at radius 2 is 2.24 bits per heavy atom. The predicted molar refractivity (Wildman–Crippen MR) is 82.6 cm³/mol. The fourth-order valence-electron chi connectivity index (χ4n) is 3.01. The number of likely N-dealkylation sites (tertiary alicyclic amines) is 1. The molecule has 5 nitrogen and oxygen atoms in total. The van der Waals surface area contributed by atoms with Crippen LogP contribution in [0.1, 0.15) is 23.2 Å². The van der Waals surface area contributed by atoms with Crippen molar-refractivity contribution in [3.8, 4) is 0 Å². The molecule has 2 aromatic rings. The molecule has 110 valence electrons. The summed E-state index contributed by atoms with van der Waals surface area (Å²) in [6, 6.07) is 9.37. The first-order chi connectivity index (χ1) is 10.2. The normalized spacial score (nSPS) is 18.3. The van der Waals surface area contributed by atoms with Gasteiger partial charge in [-0.1, -0.05) is 18.2 Å². The topological polar surface area (TPSA) is 65.2 Å². The lowest BCUT2D eigenvalue weighted by atomic mass is 10.1. The summed E-state index contributed by atoms with van der Waals surface area (Å²) in [5.41, 5.74) is 0.678. The highest BCUT2D eigenvalue weighted by atomic mass is 16.2. The molecule has 2 N–H and O–H groups in total. The summed E-state index contributed by atoms with van der Waals surface area (Å²) in [6.45, 7) is 1.48. The summed E-state index contributed by atoms with van der Waals surface area (Å²) in [7, 11) is 1.88. The maximum absolute atomic E-state index is 12.7. The largest absolute Gasteiger partial charge is 0.334 e. The fourth-order valence-corrected chi connectivity index (χ4v) is 3.01. The quantitative estimate of drug-likeness (QED) is 0.894. The molecule has 5 heteroatoms. The number of carbonyl (C=O) groups excluding carboxylic acids is 1. The van der Waals surface area contributed by atoms with Crippen molar-refractivity contribution in [3.63, 3.8) is 0 Å². The fraction of sp³-hybridized carbons (Fsp3) is 0.375. The van der Waals surface area contributed by atoms with E-state index in [9.17, 15) is 9.59 Å². The Kier molecular flexibility index (Phi) is 3.75. The summed E-state index contributed by atoms with van der Waals surface area (Å²) in [4.78, 5) is 29.5. The Labute approximate surface area is 123 Å². The van der Waals surface area contributed by atoms with Gasteiger partial charge in [0.15, 0.2) is 0 Å². The van der Waals surface area contributed by atoms with Gasteiger partial charge >= 0.3 is 0 Å². The Morgan fingerprint density at radius 3 is 3.05 bits per heavy atom. The molecule has 0 bridgehead atoms. The number of carbonyl (C=O) groups is 1. The molecule has 1 saturated heterocycles. The predicted octanol–water partition coefficient (Wildman–Crippen LogP) is 1.35. The number of H-pyrrole nitrogens is 1. The van der Waals surface area contributed by atoms with Crippen LogP contribution in [0.3, 0.4) is 0 Å². The second-order valence-corrected chi connectivity index (χ2v) is 5.45. The minimum Gasteiger partial charge on any atom is -0.334 e. The second kappa shape index (κ2) is 5.69. The zero-order valence-electron chi connectivity index (χ0n) is 12.1. The molecule has 2 heterocycles. The summed E-state index contributed by atoms with van der Waals surface area (Å²) < 4.78 is 0. The van der Waals surface area contributed by atoms with E-state index in [1.807, 2.05) is 36.2 Å². The molecule has 21 heavy (non-hydrogen) atoms. The second-order valence-electron chi connectivity index (χ2n) is 5.45. The molecule has 1 unspecified atom stereocenters. The molecule has 0 spiro atoms. The third-order valence-electron chi connectivity index (χ3n) is 4.06. The summed E-state index contributed by atoms with van der Waals surface area (Å²) >= 11 is 0. The summed E-state index contributed by atoms with van der Waals surface area (Å²) in [6.07, 6.45) is 1.97. The molecule has 1 aromatic heterocycles. The molecule has 0 aliphatic carbocycles. The van der Waals surface area contributed by atoms with Gasteiger partial charge in [0.05, 0.1) is 0 Å². The standard InChI is InChI=1S/C16H19N3O2/c1-17-10-12-6-4-8-19(12)16(21)13-9-11-5-2-3-7-14(11)18-15(13)20/h2-3,5,7,9,12,17H,4,6,8,10H2,1H3,(H,18,20). The number of amides is 1. The smallest absolute Gasteiger partial charge is 0.261 e. The highest BCUT2D eigenvalue weighted by molar-refractivity contribution is 5.97. The van der Waals surface area contributed by atoms with Gasteiger partial charge in [0.25, 0.3) is 11.5 Å². The van der Waals surface area contributed by atoms with Crippen molar-refractivity contribution in [2.75, 3.05) is 20.1 Å². The van der Waals surface area contributed by atoms with E-state index in [4.69, 9.17) is 0 Å². The molecule has 1 atom stereocenters. The van der Waals surface area contributed by atoms with Crippen molar-refractivity contribution in [3.05, 3.63) is 46.2 Å². The minimum absolute atomic E-state index is 0.167. The number of aromatic amines is 1. The first-order valence-electron chi connectivity index (χ1n) is 7.28. The van der Waals surface area contributed by atoms with Gasteiger partial charge in [0.1, 0.15) is 5.56 Å². The van der Waals surface area contributed by atoms with Crippen LogP contribution in [0.2, 0.25) is 0 Å². The van der Waals surface area contributed by atoms with Crippen molar-refractivity contribution >= 4 is 16.8 Å². The number of likely N-dealkylation sites (N-methyl/N-ethyl adjacent to an activating group) is 1. The number of nitrogens with zero attached hydrogens (tertiary/aromatic N) is 1. The summed E-state index contributed by atoms with van der Waals surface area (Å²) in [5, 5.41) is 3.99. The van der Waals surface area contributed by atoms with Gasteiger partial charge in [0.2, 0.25) is 0 Å². The maximum atomic E-state index is 12.7. The highest BCUT2D eigenvalue weighted by Crippen LogP contribution is 2.19. The van der Waals surface area contributed by atoms with Crippen molar-refractivity contribution in [1.82, 2.24) is 15.2 Å². The van der Waals surface area contributed by atoms with Gasteiger partial charge in [-0.2, -0.15) is 0 Å². The van der Waals surface area contributed by atoms with Crippen molar-refractivity contribution in [1.29, 1.82) is 0 Å². The first-order valence-corrected chi connectivity index (χ1v) is 7.28. The van der Waals surface area contributed by atoms with E-state index in [0.717, 1.165) is 36.8 Å². The number of rotatable bonds is 3. The van der Waals surface area contributed by atoms with Crippen LogP contribution in [0.25, 0.3) is 10.9 Å². The van der Waals surface area contributed by atoms with E-state index in [-0.39, 0.29) is 23.1 Å².